The van der Waals surface area contributed by atoms with Crippen LogP contribution in [-0.2, 0) is 4.79 Å². The summed E-state index contributed by atoms with van der Waals surface area (Å²) in [6.45, 7) is 1.68. The number of benzene rings is 1. The Bertz CT molecular complexity index is 350. The Labute approximate surface area is 92.6 Å². The molecule has 0 bridgehead atoms. The third-order valence-corrected chi connectivity index (χ3v) is 2.10. The second-order valence-electron chi connectivity index (χ2n) is 3.14. The molecule has 1 aromatic rings. The number of hydrogen-bond donors (Lipinski definition) is 2. The summed E-state index contributed by atoms with van der Waals surface area (Å²) in [6.07, 6.45) is 0. The number of amides is 1. The number of hydrogen-bond acceptors (Lipinski definition) is 2. The molecule has 0 saturated carbocycles. The van der Waals surface area contributed by atoms with Gasteiger partial charge in [0.2, 0.25) is 5.91 Å². The maximum absolute atomic E-state index is 12.9. The third-order valence-electron chi connectivity index (χ3n) is 1.89. The third kappa shape index (κ3) is 3.40. The van der Waals surface area contributed by atoms with Gasteiger partial charge in [0.25, 0.3) is 0 Å². The Morgan fingerprint density at radius 1 is 1.47 bits per heavy atom. The highest BCUT2D eigenvalue weighted by Gasteiger charge is 2.10. The standard InChI is InChI=1S/C10H12ClFN2O/c1-6(10(15)13-2)14-9-4-7(11)3-8(12)5-9/h3-6,14H,1-2H3,(H,13,15). The van der Waals surface area contributed by atoms with E-state index in [1.807, 2.05) is 0 Å². The fourth-order valence-electron chi connectivity index (χ4n) is 1.17. The van der Waals surface area contributed by atoms with Crippen LogP contribution in [0.15, 0.2) is 18.2 Å². The van der Waals surface area contributed by atoms with E-state index in [-0.39, 0.29) is 5.91 Å². The van der Waals surface area contributed by atoms with E-state index >= 15 is 0 Å². The first-order valence-corrected chi connectivity index (χ1v) is 4.85. The summed E-state index contributed by atoms with van der Waals surface area (Å²) < 4.78 is 12.9. The van der Waals surface area contributed by atoms with Crippen molar-refractivity contribution in [2.24, 2.45) is 0 Å². The number of nitrogens with one attached hydrogen (secondary N) is 2. The first-order chi connectivity index (χ1) is 7.02. The molecule has 15 heavy (non-hydrogen) atoms. The van der Waals surface area contributed by atoms with Crippen LogP contribution in [0.25, 0.3) is 0 Å². The van der Waals surface area contributed by atoms with Crippen LogP contribution in [0.5, 0.6) is 0 Å². The molecule has 0 spiro atoms. The smallest absolute Gasteiger partial charge is 0.241 e. The Balaban J connectivity index is 2.76. The largest absolute Gasteiger partial charge is 0.374 e. The van der Waals surface area contributed by atoms with Crippen LogP contribution in [0.1, 0.15) is 6.92 Å². The molecule has 2 N–H and O–H groups in total. The fourth-order valence-corrected chi connectivity index (χ4v) is 1.39. The zero-order chi connectivity index (χ0) is 11.4. The normalized spacial score (nSPS) is 12.0. The molecule has 1 amide bonds. The fraction of sp³-hybridized carbons (Fsp3) is 0.300. The predicted octanol–water partition coefficient (Wildman–Crippen LogP) is 2.03. The summed E-state index contributed by atoms with van der Waals surface area (Å²) in [5.41, 5.74) is 0.483. The number of likely N-dealkylation sites (N-methyl/N-ethyl adjacent to an activating group) is 1. The van der Waals surface area contributed by atoms with Crippen LogP contribution in [0.4, 0.5) is 10.1 Å². The van der Waals surface area contributed by atoms with Crippen LogP contribution in [0, 0.1) is 5.82 Å². The average molecular weight is 231 g/mol. The molecule has 0 aliphatic carbocycles. The predicted molar refractivity (Wildman–Crippen MR) is 58.6 cm³/mol. The first-order valence-electron chi connectivity index (χ1n) is 4.47. The van der Waals surface area contributed by atoms with Crippen molar-refractivity contribution in [1.82, 2.24) is 5.32 Å². The number of anilines is 1. The van der Waals surface area contributed by atoms with E-state index in [0.717, 1.165) is 0 Å². The lowest BCUT2D eigenvalue weighted by Gasteiger charge is -2.13. The van der Waals surface area contributed by atoms with Crippen LogP contribution in [-0.4, -0.2) is 19.0 Å². The van der Waals surface area contributed by atoms with Gasteiger partial charge >= 0.3 is 0 Å². The second kappa shape index (κ2) is 4.98. The maximum Gasteiger partial charge on any atom is 0.241 e. The number of carbonyl (C=O) groups excluding carboxylic acids is 1. The quantitative estimate of drug-likeness (QED) is 0.834. The van der Waals surface area contributed by atoms with E-state index in [9.17, 15) is 9.18 Å². The summed E-state index contributed by atoms with van der Waals surface area (Å²) in [5, 5.41) is 5.62. The van der Waals surface area contributed by atoms with Gasteiger partial charge in [-0.2, -0.15) is 0 Å². The number of halogens is 2. The lowest BCUT2D eigenvalue weighted by molar-refractivity contribution is -0.121. The SMILES string of the molecule is CNC(=O)C(C)Nc1cc(F)cc(Cl)c1. The van der Waals surface area contributed by atoms with Gasteiger partial charge in [-0.15, -0.1) is 0 Å². The molecule has 1 unspecified atom stereocenters. The van der Waals surface area contributed by atoms with Crippen LogP contribution >= 0.6 is 11.6 Å². The number of carbonyl (C=O) groups is 1. The first kappa shape index (κ1) is 11.8. The molecule has 0 saturated heterocycles. The minimum absolute atomic E-state index is 0.171. The van der Waals surface area contributed by atoms with E-state index < -0.39 is 11.9 Å². The van der Waals surface area contributed by atoms with Crippen LogP contribution in [0.3, 0.4) is 0 Å². The molecular weight excluding hydrogens is 219 g/mol. The molecular formula is C10H12ClFN2O. The van der Waals surface area contributed by atoms with Crippen molar-refractivity contribution in [3.05, 3.63) is 29.0 Å². The van der Waals surface area contributed by atoms with E-state index in [2.05, 4.69) is 10.6 Å². The maximum atomic E-state index is 12.9. The van der Waals surface area contributed by atoms with Crippen LogP contribution in [0.2, 0.25) is 5.02 Å². The van der Waals surface area contributed by atoms with Gasteiger partial charge < -0.3 is 10.6 Å². The lowest BCUT2D eigenvalue weighted by atomic mass is 10.2. The van der Waals surface area contributed by atoms with E-state index in [4.69, 9.17) is 11.6 Å². The molecule has 0 heterocycles. The highest BCUT2D eigenvalue weighted by Crippen LogP contribution is 2.18. The summed E-state index contributed by atoms with van der Waals surface area (Å²) in [7, 11) is 1.54. The Hall–Kier alpha value is -1.29. The molecule has 3 nitrogen and oxygen atoms in total. The molecule has 1 aromatic carbocycles. The Kier molecular flexibility index (Phi) is 3.91. The molecule has 0 fully saturated rings. The number of rotatable bonds is 3. The lowest BCUT2D eigenvalue weighted by Crippen LogP contribution is -2.35. The van der Waals surface area contributed by atoms with Gasteiger partial charge in [0.15, 0.2) is 0 Å². The minimum atomic E-state index is -0.437. The molecule has 0 aliphatic heterocycles. The highest BCUT2D eigenvalue weighted by molar-refractivity contribution is 6.30. The van der Waals surface area contributed by atoms with Crippen molar-refractivity contribution < 1.29 is 9.18 Å². The van der Waals surface area contributed by atoms with Gasteiger partial charge in [-0.25, -0.2) is 4.39 Å². The zero-order valence-corrected chi connectivity index (χ0v) is 9.23. The van der Waals surface area contributed by atoms with Crippen molar-refractivity contribution >= 4 is 23.2 Å². The molecule has 1 rings (SSSR count). The summed E-state index contributed by atoms with van der Waals surface area (Å²) >= 11 is 5.67. The Morgan fingerprint density at radius 2 is 2.13 bits per heavy atom. The van der Waals surface area contributed by atoms with Crippen molar-refractivity contribution in [2.45, 2.75) is 13.0 Å². The van der Waals surface area contributed by atoms with Gasteiger partial charge in [-0.05, 0) is 25.1 Å². The van der Waals surface area contributed by atoms with E-state index in [0.29, 0.717) is 10.7 Å². The van der Waals surface area contributed by atoms with Gasteiger partial charge in [0.1, 0.15) is 11.9 Å². The molecule has 0 aromatic heterocycles. The molecule has 82 valence electrons. The summed E-state index contributed by atoms with van der Waals surface area (Å²) in [6, 6.07) is 3.61. The van der Waals surface area contributed by atoms with Gasteiger partial charge in [0.05, 0.1) is 0 Å². The van der Waals surface area contributed by atoms with Crippen LogP contribution < -0.4 is 10.6 Å². The van der Waals surface area contributed by atoms with Gasteiger partial charge in [-0.3, -0.25) is 4.79 Å². The van der Waals surface area contributed by atoms with E-state index in [1.165, 1.54) is 12.1 Å². The molecule has 0 radical (unpaired) electrons. The average Bonchev–Trinajstić information content (AvgIpc) is 2.14. The Morgan fingerprint density at radius 3 is 2.67 bits per heavy atom. The monoisotopic (exact) mass is 230 g/mol. The molecule has 0 aliphatic rings. The van der Waals surface area contributed by atoms with Gasteiger partial charge in [-0.1, -0.05) is 11.6 Å². The highest BCUT2D eigenvalue weighted by atomic mass is 35.5. The summed E-state index contributed by atoms with van der Waals surface area (Å²) in [4.78, 5) is 11.2. The topological polar surface area (TPSA) is 41.1 Å². The van der Waals surface area contributed by atoms with Crippen molar-refractivity contribution in [2.75, 3.05) is 12.4 Å². The zero-order valence-electron chi connectivity index (χ0n) is 8.47. The van der Waals surface area contributed by atoms with Crippen molar-refractivity contribution in [3.8, 4) is 0 Å². The van der Waals surface area contributed by atoms with E-state index in [1.54, 1.807) is 20.0 Å². The second-order valence-corrected chi connectivity index (χ2v) is 3.57. The molecule has 1 atom stereocenters. The summed E-state index contributed by atoms with van der Waals surface area (Å²) in [5.74, 6) is -0.607. The van der Waals surface area contributed by atoms with Crippen molar-refractivity contribution in [1.29, 1.82) is 0 Å². The minimum Gasteiger partial charge on any atom is -0.374 e. The van der Waals surface area contributed by atoms with Crippen molar-refractivity contribution in [3.63, 3.8) is 0 Å². The molecule has 5 heteroatoms. The van der Waals surface area contributed by atoms with Gasteiger partial charge in [0, 0.05) is 17.8 Å².